The van der Waals surface area contributed by atoms with Crippen molar-refractivity contribution >= 4 is 0 Å². The summed E-state index contributed by atoms with van der Waals surface area (Å²) in [4.78, 5) is 0. The molecule has 102 valence electrons. The fourth-order valence-electron chi connectivity index (χ4n) is 2.41. The predicted molar refractivity (Wildman–Crippen MR) is 77.4 cm³/mol. The van der Waals surface area contributed by atoms with Crippen LogP contribution in [-0.2, 0) is 20.1 Å². The molecule has 3 heteroatoms. The van der Waals surface area contributed by atoms with Gasteiger partial charge < -0.3 is 14.4 Å². The first-order valence-corrected chi connectivity index (χ1v) is 6.55. The molecule has 0 aliphatic heterocycles. The number of ether oxygens (including phenoxy) is 1. The van der Waals surface area contributed by atoms with E-state index in [1.807, 2.05) is 20.0 Å². The average molecular weight is 259 g/mol. The molecular weight excluding hydrogens is 238 g/mol. The summed E-state index contributed by atoms with van der Waals surface area (Å²) in [5, 5.41) is 9.35. The molecule has 0 spiro atoms. The Bertz CT molecular complexity index is 585. The minimum atomic E-state index is 0.0798. The number of methoxy groups -OCH3 is 1. The van der Waals surface area contributed by atoms with Crippen LogP contribution in [0.3, 0.4) is 0 Å². The summed E-state index contributed by atoms with van der Waals surface area (Å²) in [6.07, 6.45) is 0.938. The van der Waals surface area contributed by atoms with Gasteiger partial charge in [0.05, 0.1) is 13.7 Å². The van der Waals surface area contributed by atoms with Crippen molar-refractivity contribution in [2.75, 3.05) is 7.11 Å². The van der Waals surface area contributed by atoms with Gasteiger partial charge in [-0.3, -0.25) is 0 Å². The summed E-state index contributed by atoms with van der Waals surface area (Å²) < 4.78 is 7.48. The number of aliphatic hydroxyl groups excluding tert-OH is 1. The second-order valence-corrected chi connectivity index (χ2v) is 4.74. The van der Waals surface area contributed by atoms with Crippen LogP contribution in [-0.4, -0.2) is 16.8 Å². The Hall–Kier alpha value is -1.74. The van der Waals surface area contributed by atoms with Crippen LogP contribution in [0.1, 0.15) is 23.7 Å². The molecule has 1 aromatic heterocycles. The van der Waals surface area contributed by atoms with Crippen molar-refractivity contribution in [1.29, 1.82) is 0 Å². The van der Waals surface area contributed by atoms with Gasteiger partial charge in [-0.1, -0.05) is 6.92 Å². The minimum absolute atomic E-state index is 0.0798. The standard InChI is InChI=1S/C16H21NO2/c1-5-12-8-13(6-7-16(12)19-4)15-9-14(10-18)11(2)17(15)3/h6-9,18H,5,10H2,1-4H3. The van der Waals surface area contributed by atoms with Crippen LogP contribution in [0.2, 0.25) is 0 Å². The lowest BCUT2D eigenvalue weighted by Crippen LogP contribution is -1.96. The average Bonchev–Trinajstić information content (AvgIpc) is 2.74. The van der Waals surface area contributed by atoms with Crippen LogP contribution < -0.4 is 4.74 Å². The maximum Gasteiger partial charge on any atom is 0.122 e. The number of rotatable bonds is 4. The van der Waals surface area contributed by atoms with Gasteiger partial charge in [0, 0.05) is 18.4 Å². The Morgan fingerprint density at radius 2 is 1.95 bits per heavy atom. The van der Waals surface area contributed by atoms with Gasteiger partial charge in [-0.15, -0.1) is 0 Å². The molecule has 0 radical (unpaired) electrons. The van der Waals surface area contributed by atoms with Crippen molar-refractivity contribution in [2.24, 2.45) is 7.05 Å². The summed E-state index contributed by atoms with van der Waals surface area (Å²) in [5.41, 5.74) is 5.56. The highest BCUT2D eigenvalue weighted by Gasteiger charge is 2.11. The molecule has 0 aliphatic carbocycles. The van der Waals surface area contributed by atoms with Crippen molar-refractivity contribution in [3.63, 3.8) is 0 Å². The van der Waals surface area contributed by atoms with Gasteiger partial charge in [0.2, 0.25) is 0 Å². The smallest absolute Gasteiger partial charge is 0.122 e. The topological polar surface area (TPSA) is 34.4 Å². The molecule has 0 saturated heterocycles. The van der Waals surface area contributed by atoms with E-state index >= 15 is 0 Å². The van der Waals surface area contributed by atoms with Gasteiger partial charge in [-0.25, -0.2) is 0 Å². The zero-order valence-electron chi connectivity index (χ0n) is 12.0. The van der Waals surface area contributed by atoms with E-state index in [1.165, 1.54) is 5.56 Å². The van der Waals surface area contributed by atoms with E-state index < -0.39 is 0 Å². The number of aliphatic hydroxyl groups is 1. The lowest BCUT2D eigenvalue weighted by Gasteiger charge is -2.10. The van der Waals surface area contributed by atoms with Crippen LogP contribution in [0.15, 0.2) is 24.3 Å². The second-order valence-electron chi connectivity index (χ2n) is 4.74. The molecule has 1 aromatic carbocycles. The van der Waals surface area contributed by atoms with Crippen molar-refractivity contribution in [1.82, 2.24) is 4.57 Å². The summed E-state index contributed by atoms with van der Waals surface area (Å²) >= 11 is 0. The lowest BCUT2D eigenvalue weighted by molar-refractivity contribution is 0.281. The Balaban J connectivity index is 2.53. The first-order chi connectivity index (χ1) is 9.12. The van der Waals surface area contributed by atoms with Crippen molar-refractivity contribution in [2.45, 2.75) is 26.9 Å². The second kappa shape index (κ2) is 5.49. The van der Waals surface area contributed by atoms with Gasteiger partial charge in [-0.05, 0) is 54.3 Å². The number of aryl methyl sites for hydroxylation is 1. The fourth-order valence-corrected chi connectivity index (χ4v) is 2.41. The van der Waals surface area contributed by atoms with Crippen molar-refractivity contribution < 1.29 is 9.84 Å². The third-order valence-corrected chi connectivity index (χ3v) is 3.77. The number of hydrogen-bond donors (Lipinski definition) is 1. The molecule has 2 rings (SSSR count). The van der Waals surface area contributed by atoms with Gasteiger partial charge in [0.25, 0.3) is 0 Å². The van der Waals surface area contributed by atoms with Gasteiger partial charge in [0.1, 0.15) is 5.75 Å². The Labute approximate surface area is 114 Å². The fraction of sp³-hybridized carbons (Fsp3) is 0.375. The van der Waals surface area contributed by atoms with E-state index in [0.29, 0.717) is 0 Å². The van der Waals surface area contributed by atoms with Crippen LogP contribution >= 0.6 is 0 Å². The van der Waals surface area contributed by atoms with Gasteiger partial charge in [0.15, 0.2) is 0 Å². The van der Waals surface area contributed by atoms with Crippen LogP contribution in [0.4, 0.5) is 0 Å². The van der Waals surface area contributed by atoms with Gasteiger partial charge >= 0.3 is 0 Å². The highest BCUT2D eigenvalue weighted by Crippen LogP contribution is 2.29. The zero-order chi connectivity index (χ0) is 14.0. The van der Waals surface area contributed by atoms with E-state index in [-0.39, 0.29) is 6.61 Å². The number of benzene rings is 1. The molecule has 0 unspecified atom stereocenters. The molecular formula is C16H21NO2. The van der Waals surface area contributed by atoms with Crippen molar-refractivity contribution in [3.05, 3.63) is 41.1 Å². The normalized spacial score (nSPS) is 10.8. The summed E-state index contributed by atoms with van der Waals surface area (Å²) in [6.45, 7) is 4.23. The van der Waals surface area contributed by atoms with E-state index in [9.17, 15) is 5.11 Å². The number of aromatic nitrogens is 1. The van der Waals surface area contributed by atoms with E-state index in [1.54, 1.807) is 7.11 Å². The van der Waals surface area contributed by atoms with Crippen molar-refractivity contribution in [3.8, 4) is 17.0 Å². The Morgan fingerprint density at radius 1 is 1.21 bits per heavy atom. The van der Waals surface area contributed by atoms with E-state index in [0.717, 1.165) is 34.7 Å². The van der Waals surface area contributed by atoms with Gasteiger partial charge in [-0.2, -0.15) is 0 Å². The quantitative estimate of drug-likeness (QED) is 0.915. The lowest BCUT2D eigenvalue weighted by atomic mass is 10.0. The minimum Gasteiger partial charge on any atom is -0.496 e. The number of nitrogens with zero attached hydrogens (tertiary/aromatic N) is 1. The largest absolute Gasteiger partial charge is 0.496 e. The third kappa shape index (κ3) is 2.38. The van der Waals surface area contributed by atoms with Crippen LogP contribution in [0, 0.1) is 6.92 Å². The predicted octanol–water partition coefficient (Wildman–Crippen LogP) is 3.06. The SMILES string of the molecule is CCc1cc(-c2cc(CO)c(C)n2C)ccc1OC. The Kier molecular flexibility index (Phi) is 3.96. The first-order valence-electron chi connectivity index (χ1n) is 6.55. The maximum atomic E-state index is 9.35. The highest BCUT2D eigenvalue weighted by molar-refractivity contribution is 5.65. The molecule has 0 saturated carbocycles. The molecule has 0 bridgehead atoms. The number of hydrogen-bond acceptors (Lipinski definition) is 2. The summed E-state index contributed by atoms with van der Waals surface area (Å²) in [5.74, 6) is 0.930. The van der Waals surface area contributed by atoms with E-state index in [2.05, 4.69) is 29.7 Å². The molecule has 3 nitrogen and oxygen atoms in total. The van der Waals surface area contributed by atoms with E-state index in [4.69, 9.17) is 4.74 Å². The van der Waals surface area contributed by atoms with Crippen LogP contribution in [0.5, 0.6) is 5.75 Å². The molecule has 1 N–H and O–H groups in total. The molecule has 1 heterocycles. The summed E-state index contributed by atoms with van der Waals surface area (Å²) in [7, 11) is 3.73. The molecule has 0 amide bonds. The summed E-state index contributed by atoms with van der Waals surface area (Å²) in [6, 6.07) is 8.29. The Morgan fingerprint density at radius 3 is 2.47 bits per heavy atom. The zero-order valence-corrected chi connectivity index (χ0v) is 12.0. The first kappa shape index (κ1) is 13.7. The molecule has 19 heavy (non-hydrogen) atoms. The molecule has 0 fully saturated rings. The third-order valence-electron chi connectivity index (χ3n) is 3.77. The molecule has 0 aliphatic rings. The van der Waals surface area contributed by atoms with Crippen LogP contribution in [0.25, 0.3) is 11.3 Å². The molecule has 2 aromatic rings. The molecule has 0 atom stereocenters. The maximum absolute atomic E-state index is 9.35. The highest BCUT2D eigenvalue weighted by atomic mass is 16.5. The monoisotopic (exact) mass is 259 g/mol.